The molecule has 1 aromatic rings. The molecule has 7 rings (SSSR count). The predicted molar refractivity (Wildman–Crippen MR) is 231 cm³/mol. The Morgan fingerprint density at radius 1 is 1.06 bits per heavy atom. The number of aliphatic hydroxyl groups is 1. The summed E-state index contributed by atoms with van der Waals surface area (Å²) in [7, 11) is 3.05. The minimum absolute atomic E-state index is 0.00750. The SMILES string of the molecule is CCC(C)[C@H]1O[C@]2(CC[C@@H]1C)C[C@@H]1C[C@@H](C/C=C(\C)[C@@H](O[C@H]3C[C@H](OC)[C@@H](OC(=O)c4ccccc4)[C@H](C)O3)[C@@H](C)/C=C/C=C3\CO[C@@H]4/C(=N/OC)C(C)=C[C@@H](C(=O)O1)[C@]34O)O2. The van der Waals surface area contributed by atoms with E-state index >= 15 is 0 Å². The number of ether oxygens (including phenoxy) is 8. The molecule has 15 atom stereocenters. The zero-order chi connectivity index (χ0) is 44.3. The lowest BCUT2D eigenvalue weighted by atomic mass is 9.71. The number of methoxy groups -OCH3 is 1. The summed E-state index contributed by atoms with van der Waals surface area (Å²) in [4.78, 5) is 32.8. The molecule has 1 unspecified atom stereocenters. The molecule has 0 saturated carbocycles. The molecule has 6 aliphatic rings. The molecule has 4 saturated heterocycles. The second-order valence-corrected chi connectivity index (χ2v) is 18.3. The number of rotatable bonds is 8. The third-order valence-corrected chi connectivity index (χ3v) is 13.9. The van der Waals surface area contributed by atoms with Gasteiger partial charge < -0.3 is 47.8 Å². The van der Waals surface area contributed by atoms with Crippen LogP contribution in [0.15, 0.2) is 82.6 Å². The monoisotopic (exact) mass is 861 g/mol. The van der Waals surface area contributed by atoms with Crippen LogP contribution in [0.1, 0.15) is 104 Å². The number of benzene rings is 1. The van der Waals surface area contributed by atoms with Crippen molar-refractivity contribution in [3.8, 4) is 0 Å². The molecular weight excluding hydrogens is 795 g/mol. The maximum absolute atomic E-state index is 14.5. The third kappa shape index (κ3) is 9.55. The summed E-state index contributed by atoms with van der Waals surface area (Å²) < 4.78 is 51.9. The Kier molecular flexibility index (Phi) is 14.6. The fraction of sp³-hybridized carbons (Fsp3) is 0.653. The standard InChI is InChI=1S/C49H67NO12/c1-10-28(2)43-31(5)21-22-48(62-43)26-37-24-36(61-48)20-19-30(4)42(59-40-25-39(54-8)44(33(7)57-40)60-46(51)34-16-12-11-13-17-34)29(3)15-14-18-35-27-56-45-41(50-55-9)32(6)23-38(47(52)58-37)49(35,45)53/h11-19,23,28-29,31,33,36-40,42-45,53H,10,20-22,24-27H2,1-9H3/b15-14+,30-19+,35-18+,50-41+/t28?,29-,31-,33-,36+,37-,38-,39-,40-,42-,43+,44-,45+,48+,49+/m0/s1. The van der Waals surface area contributed by atoms with Crippen LogP contribution >= 0.6 is 0 Å². The average Bonchev–Trinajstić information content (AvgIpc) is 3.59. The topological polar surface area (TPSA) is 150 Å². The summed E-state index contributed by atoms with van der Waals surface area (Å²) in [6.07, 6.45) is 9.22. The number of allylic oxidation sites excluding steroid dienone is 2. The van der Waals surface area contributed by atoms with Gasteiger partial charge in [0.15, 0.2) is 18.2 Å². The van der Waals surface area contributed by atoms with Gasteiger partial charge in [-0.3, -0.25) is 4.79 Å². The second kappa shape index (κ2) is 19.6. The van der Waals surface area contributed by atoms with Gasteiger partial charge in [0.1, 0.15) is 42.7 Å². The Morgan fingerprint density at radius 3 is 2.56 bits per heavy atom. The number of carbonyl (C=O) groups is 2. The number of fused-ring (bicyclic) bond motifs is 2. The number of carbonyl (C=O) groups excluding carboxylic acids is 2. The predicted octanol–water partition coefficient (Wildman–Crippen LogP) is 7.57. The summed E-state index contributed by atoms with van der Waals surface area (Å²) in [6.45, 7) is 14.5. The molecule has 62 heavy (non-hydrogen) atoms. The molecule has 13 heteroatoms. The molecule has 1 spiro atoms. The van der Waals surface area contributed by atoms with Crippen LogP contribution in [0.25, 0.3) is 0 Å². The van der Waals surface area contributed by atoms with E-state index in [1.54, 1.807) is 37.5 Å². The van der Waals surface area contributed by atoms with E-state index in [2.05, 4.69) is 38.9 Å². The van der Waals surface area contributed by atoms with Gasteiger partial charge in [-0.2, -0.15) is 0 Å². The molecular formula is C49H67NO12. The van der Waals surface area contributed by atoms with Crippen molar-refractivity contribution in [2.24, 2.45) is 28.8 Å². The van der Waals surface area contributed by atoms with Crippen molar-refractivity contribution in [2.75, 3.05) is 20.8 Å². The molecule has 2 bridgehead atoms. The van der Waals surface area contributed by atoms with Crippen molar-refractivity contribution < 1.29 is 57.4 Å². The minimum Gasteiger partial charge on any atom is -0.462 e. The number of esters is 2. The summed E-state index contributed by atoms with van der Waals surface area (Å²) in [5.74, 6) is -2.51. The van der Waals surface area contributed by atoms with Gasteiger partial charge >= 0.3 is 11.9 Å². The fourth-order valence-corrected chi connectivity index (χ4v) is 10.3. The van der Waals surface area contributed by atoms with E-state index < -0.39 is 72.2 Å². The molecule has 5 aliphatic heterocycles. The van der Waals surface area contributed by atoms with E-state index in [4.69, 9.17) is 42.7 Å². The maximum Gasteiger partial charge on any atom is 0.338 e. The van der Waals surface area contributed by atoms with Crippen LogP contribution in [0, 0.1) is 23.7 Å². The van der Waals surface area contributed by atoms with Crippen molar-refractivity contribution in [3.05, 3.63) is 83.0 Å². The van der Waals surface area contributed by atoms with Gasteiger partial charge in [-0.05, 0) is 74.3 Å². The van der Waals surface area contributed by atoms with Crippen molar-refractivity contribution in [1.82, 2.24) is 0 Å². The van der Waals surface area contributed by atoms with Gasteiger partial charge in [-0.25, -0.2) is 4.79 Å². The van der Waals surface area contributed by atoms with Crippen molar-refractivity contribution >= 4 is 17.7 Å². The van der Waals surface area contributed by atoms with E-state index in [1.807, 2.05) is 45.1 Å². The first-order valence-electron chi connectivity index (χ1n) is 22.5. The molecule has 0 radical (unpaired) electrons. The highest BCUT2D eigenvalue weighted by atomic mass is 16.7. The molecule has 0 aromatic heterocycles. The van der Waals surface area contributed by atoms with Crippen LogP contribution in [0.4, 0.5) is 0 Å². The molecule has 13 nitrogen and oxygen atoms in total. The quantitative estimate of drug-likeness (QED) is 0.156. The zero-order valence-corrected chi connectivity index (χ0v) is 37.8. The van der Waals surface area contributed by atoms with Crippen LogP contribution in [0.2, 0.25) is 0 Å². The molecule has 1 aliphatic carbocycles. The van der Waals surface area contributed by atoms with E-state index in [9.17, 15) is 14.7 Å². The van der Waals surface area contributed by atoms with Gasteiger partial charge in [0.25, 0.3) is 0 Å². The summed E-state index contributed by atoms with van der Waals surface area (Å²) >= 11 is 0. The third-order valence-electron chi connectivity index (χ3n) is 13.9. The molecule has 340 valence electrons. The molecule has 5 heterocycles. The first-order valence-corrected chi connectivity index (χ1v) is 22.5. The highest BCUT2D eigenvalue weighted by molar-refractivity contribution is 6.07. The summed E-state index contributed by atoms with van der Waals surface area (Å²) in [5.41, 5.74) is 1.24. The number of oxime groups is 1. The maximum atomic E-state index is 14.5. The van der Waals surface area contributed by atoms with Crippen molar-refractivity contribution in [2.45, 2.75) is 160 Å². The van der Waals surface area contributed by atoms with Crippen LogP contribution in [-0.4, -0.2) is 110 Å². The van der Waals surface area contributed by atoms with Crippen molar-refractivity contribution in [3.63, 3.8) is 0 Å². The number of nitrogens with zero attached hydrogens (tertiary/aromatic N) is 1. The Hall–Kier alpha value is -3.69. The van der Waals surface area contributed by atoms with Crippen LogP contribution in [-0.2, 0) is 47.5 Å². The Bertz CT molecular complexity index is 1910. The largest absolute Gasteiger partial charge is 0.462 e. The summed E-state index contributed by atoms with van der Waals surface area (Å²) in [5, 5.41) is 17.0. The molecule has 1 N–H and O–H groups in total. The molecule has 4 fully saturated rings. The lowest BCUT2D eigenvalue weighted by Crippen LogP contribution is -2.57. The van der Waals surface area contributed by atoms with Gasteiger partial charge in [-0.15, -0.1) is 0 Å². The number of hydrogen-bond donors (Lipinski definition) is 1. The van der Waals surface area contributed by atoms with Crippen LogP contribution < -0.4 is 0 Å². The Morgan fingerprint density at radius 2 is 1.84 bits per heavy atom. The van der Waals surface area contributed by atoms with Gasteiger partial charge in [-0.1, -0.05) is 87.9 Å². The smallest absolute Gasteiger partial charge is 0.338 e. The summed E-state index contributed by atoms with van der Waals surface area (Å²) in [6, 6.07) is 8.87. The van der Waals surface area contributed by atoms with Gasteiger partial charge in [0, 0.05) is 38.7 Å². The first-order chi connectivity index (χ1) is 29.7. The highest BCUT2D eigenvalue weighted by Crippen LogP contribution is 2.47. The fourth-order valence-electron chi connectivity index (χ4n) is 10.3. The molecule has 0 amide bonds. The van der Waals surface area contributed by atoms with Crippen LogP contribution in [0.5, 0.6) is 0 Å². The lowest BCUT2D eigenvalue weighted by molar-refractivity contribution is -0.340. The van der Waals surface area contributed by atoms with Crippen molar-refractivity contribution in [1.29, 1.82) is 0 Å². The first kappa shape index (κ1) is 46.3. The minimum atomic E-state index is -1.78. The zero-order valence-electron chi connectivity index (χ0n) is 37.8. The van der Waals surface area contributed by atoms with E-state index in [1.165, 1.54) is 7.11 Å². The van der Waals surface area contributed by atoms with Gasteiger partial charge in [0.05, 0.1) is 36.6 Å². The second-order valence-electron chi connectivity index (χ2n) is 18.3. The average molecular weight is 862 g/mol. The number of hydrogen-bond acceptors (Lipinski definition) is 13. The van der Waals surface area contributed by atoms with E-state index in [0.717, 1.165) is 18.4 Å². The van der Waals surface area contributed by atoms with E-state index in [0.29, 0.717) is 66.4 Å². The highest BCUT2D eigenvalue weighted by Gasteiger charge is 2.60. The van der Waals surface area contributed by atoms with Gasteiger partial charge in [0.2, 0.25) is 0 Å². The Labute approximate surface area is 366 Å². The van der Waals surface area contributed by atoms with Crippen LogP contribution in [0.3, 0.4) is 0 Å². The lowest BCUT2D eigenvalue weighted by Gasteiger charge is -2.51. The Balaban J connectivity index is 1.21. The molecule has 1 aromatic carbocycles. The van der Waals surface area contributed by atoms with E-state index in [-0.39, 0.29) is 24.7 Å². The normalized spacial score (nSPS) is 42.3.